The molecule has 0 saturated heterocycles. The molecule has 0 fully saturated rings. The first-order valence-corrected chi connectivity index (χ1v) is 14.1. The maximum Gasteiger partial charge on any atom is 0.262 e. The summed E-state index contributed by atoms with van der Waals surface area (Å²) < 4.78 is 31.8. The van der Waals surface area contributed by atoms with Gasteiger partial charge in [-0.2, -0.15) is 0 Å². The van der Waals surface area contributed by atoms with Gasteiger partial charge < -0.3 is 10.1 Å². The van der Waals surface area contributed by atoms with Crippen LogP contribution in [0.5, 0.6) is 5.75 Å². The van der Waals surface area contributed by atoms with Crippen molar-refractivity contribution in [2.45, 2.75) is 42.2 Å². The summed E-state index contributed by atoms with van der Waals surface area (Å²) in [5.41, 5.74) is 3.19. The molecule has 3 aromatic rings. The van der Waals surface area contributed by atoms with Crippen LogP contribution in [0.2, 0.25) is 0 Å². The average Bonchev–Trinajstić information content (AvgIpc) is 2.96. The maximum absolute atomic E-state index is 13.2. The lowest BCUT2D eigenvalue weighted by molar-refractivity contribution is -0.129. The standard InChI is InChI=1S/C30H32N2O6S/c1-2-3-22-38-25-17-19-26(20-18-25)39(36,37)27(29(33)32-35)16-10-11-21-31-30(34)28(23-12-6-4-7-13-23)24-14-8-5-9-15-24/h4-9,12-15,17-20,27-28,35H,10-11,16,21-22H2,1H3,(H,31,34)(H,32,33). The molecule has 3 rings (SSSR count). The molecular weight excluding hydrogens is 516 g/mol. The van der Waals surface area contributed by atoms with E-state index in [1.54, 1.807) is 6.92 Å². The zero-order valence-corrected chi connectivity index (χ0v) is 22.5. The molecule has 2 amide bonds. The van der Waals surface area contributed by atoms with E-state index < -0.39 is 26.9 Å². The molecule has 1 atom stereocenters. The summed E-state index contributed by atoms with van der Waals surface area (Å²) in [6.07, 6.45) is 0.740. The molecule has 1 unspecified atom stereocenters. The molecule has 0 aliphatic heterocycles. The lowest BCUT2D eigenvalue weighted by Gasteiger charge is -2.18. The highest BCUT2D eigenvalue weighted by atomic mass is 32.2. The topological polar surface area (TPSA) is 122 Å². The molecule has 39 heavy (non-hydrogen) atoms. The van der Waals surface area contributed by atoms with E-state index in [1.807, 2.05) is 60.7 Å². The molecule has 0 saturated carbocycles. The van der Waals surface area contributed by atoms with E-state index in [-0.39, 0.29) is 23.8 Å². The monoisotopic (exact) mass is 548 g/mol. The Kier molecular flexibility index (Phi) is 11.1. The Morgan fingerprint density at radius 3 is 2.00 bits per heavy atom. The Balaban J connectivity index is 1.60. The zero-order chi connectivity index (χ0) is 28.1. The van der Waals surface area contributed by atoms with Gasteiger partial charge >= 0.3 is 0 Å². The van der Waals surface area contributed by atoms with Crippen molar-refractivity contribution in [2.24, 2.45) is 0 Å². The number of hydrogen-bond donors (Lipinski definition) is 3. The average molecular weight is 549 g/mol. The number of hydrogen-bond acceptors (Lipinski definition) is 6. The molecule has 9 heteroatoms. The van der Waals surface area contributed by atoms with Crippen molar-refractivity contribution in [1.82, 2.24) is 10.8 Å². The van der Waals surface area contributed by atoms with E-state index >= 15 is 0 Å². The van der Waals surface area contributed by atoms with Crippen LogP contribution < -0.4 is 15.5 Å². The number of carbonyl (C=O) groups excluding carboxylic acids is 2. The maximum atomic E-state index is 13.2. The van der Waals surface area contributed by atoms with Gasteiger partial charge in [-0.1, -0.05) is 66.6 Å². The quantitative estimate of drug-likeness (QED) is 0.129. The van der Waals surface area contributed by atoms with Crippen LogP contribution in [-0.4, -0.2) is 43.8 Å². The van der Waals surface area contributed by atoms with Crippen LogP contribution >= 0.6 is 0 Å². The fourth-order valence-electron chi connectivity index (χ4n) is 4.14. The molecule has 0 aliphatic rings. The minimum absolute atomic E-state index is 0.0320. The Morgan fingerprint density at radius 1 is 0.872 bits per heavy atom. The first-order chi connectivity index (χ1) is 18.9. The number of sulfone groups is 1. The Morgan fingerprint density at radius 2 is 1.46 bits per heavy atom. The predicted octanol–water partition coefficient (Wildman–Crippen LogP) is 3.86. The van der Waals surface area contributed by atoms with Gasteiger partial charge in [-0.3, -0.25) is 14.8 Å². The molecule has 0 aliphatic carbocycles. The van der Waals surface area contributed by atoms with Crippen LogP contribution in [0.4, 0.5) is 0 Å². The molecular formula is C30H32N2O6S. The number of ether oxygens (including phenoxy) is 1. The van der Waals surface area contributed by atoms with Gasteiger partial charge in [0.15, 0.2) is 9.84 Å². The Bertz CT molecular complexity index is 1340. The molecule has 0 radical (unpaired) electrons. The van der Waals surface area contributed by atoms with Gasteiger partial charge in [-0.25, -0.2) is 13.9 Å². The van der Waals surface area contributed by atoms with Crippen LogP contribution in [-0.2, 0) is 19.4 Å². The van der Waals surface area contributed by atoms with Crippen molar-refractivity contribution in [1.29, 1.82) is 0 Å². The molecule has 8 nitrogen and oxygen atoms in total. The van der Waals surface area contributed by atoms with Gasteiger partial charge in [-0.15, -0.1) is 5.92 Å². The van der Waals surface area contributed by atoms with Crippen molar-refractivity contribution >= 4 is 21.7 Å². The second-order valence-electron chi connectivity index (χ2n) is 8.74. The van der Waals surface area contributed by atoms with Crippen LogP contribution in [0.1, 0.15) is 43.2 Å². The number of amides is 2. The lowest BCUT2D eigenvalue weighted by atomic mass is 9.90. The van der Waals surface area contributed by atoms with E-state index in [4.69, 9.17) is 4.74 Å². The second-order valence-corrected chi connectivity index (χ2v) is 10.9. The van der Waals surface area contributed by atoms with Crippen LogP contribution in [0.3, 0.4) is 0 Å². The largest absolute Gasteiger partial charge is 0.481 e. The van der Waals surface area contributed by atoms with Gasteiger partial charge in [-0.05, 0) is 61.6 Å². The van der Waals surface area contributed by atoms with E-state index in [0.29, 0.717) is 25.1 Å². The van der Waals surface area contributed by atoms with Gasteiger partial charge in [0.05, 0.1) is 10.8 Å². The molecule has 0 aromatic heterocycles. The predicted molar refractivity (Wildman–Crippen MR) is 148 cm³/mol. The van der Waals surface area contributed by atoms with Crippen molar-refractivity contribution in [3.05, 3.63) is 96.1 Å². The van der Waals surface area contributed by atoms with Crippen LogP contribution in [0, 0.1) is 11.8 Å². The van der Waals surface area contributed by atoms with E-state index in [0.717, 1.165) is 11.1 Å². The molecule has 0 spiro atoms. The van der Waals surface area contributed by atoms with E-state index in [9.17, 15) is 23.2 Å². The van der Waals surface area contributed by atoms with Crippen LogP contribution in [0.25, 0.3) is 0 Å². The smallest absolute Gasteiger partial charge is 0.262 e. The Labute approximate surface area is 229 Å². The van der Waals surface area contributed by atoms with Gasteiger partial charge in [0.1, 0.15) is 17.6 Å². The first-order valence-electron chi connectivity index (χ1n) is 12.6. The van der Waals surface area contributed by atoms with Gasteiger partial charge in [0.25, 0.3) is 5.91 Å². The number of nitrogens with one attached hydrogen (secondary N) is 2. The summed E-state index contributed by atoms with van der Waals surface area (Å²) in [5, 5.41) is 10.6. The third-order valence-electron chi connectivity index (χ3n) is 6.14. The third kappa shape index (κ3) is 8.18. The van der Waals surface area contributed by atoms with Crippen molar-refractivity contribution in [3.8, 4) is 17.6 Å². The zero-order valence-electron chi connectivity index (χ0n) is 21.7. The SMILES string of the molecule is CC#CCOc1ccc(S(=O)(=O)C(CCCCNC(=O)C(c2ccccc2)c2ccccc2)C(=O)NO)cc1. The fraction of sp³-hybridized carbons (Fsp3) is 0.267. The molecule has 0 heterocycles. The summed E-state index contributed by atoms with van der Waals surface area (Å²) in [7, 11) is -4.09. The summed E-state index contributed by atoms with van der Waals surface area (Å²) in [4.78, 5) is 25.4. The Hall–Kier alpha value is -4.13. The highest BCUT2D eigenvalue weighted by Gasteiger charge is 2.33. The van der Waals surface area contributed by atoms with Crippen molar-refractivity contribution in [3.63, 3.8) is 0 Å². The van der Waals surface area contributed by atoms with Crippen molar-refractivity contribution in [2.75, 3.05) is 13.2 Å². The lowest BCUT2D eigenvalue weighted by Crippen LogP contribution is -2.38. The molecule has 3 N–H and O–H groups in total. The van der Waals surface area contributed by atoms with E-state index in [1.165, 1.54) is 29.7 Å². The fourth-order valence-corrected chi connectivity index (χ4v) is 5.79. The highest BCUT2D eigenvalue weighted by molar-refractivity contribution is 7.92. The normalized spacial score (nSPS) is 11.7. The minimum atomic E-state index is -4.09. The highest BCUT2D eigenvalue weighted by Crippen LogP contribution is 2.25. The number of rotatable bonds is 13. The number of carbonyl (C=O) groups is 2. The molecule has 204 valence electrons. The van der Waals surface area contributed by atoms with E-state index in [2.05, 4.69) is 17.2 Å². The summed E-state index contributed by atoms with van der Waals surface area (Å²) in [6.45, 7) is 2.16. The summed E-state index contributed by atoms with van der Waals surface area (Å²) >= 11 is 0. The van der Waals surface area contributed by atoms with Crippen molar-refractivity contribution < 1.29 is 28.0 Å². The van der Waals surface area contributed by atoms with Gasteiger partial charge in [0.2, 0.25) is 5.91 Å². The minimum Gasteiger partial charge on any atom is -0.481 e. The number of benzene rings is 3. The van der Waals surface area contributed by atoms with Crippen LogP contribution in [0.15, 0.2) is 89.8 Å². The molecule has 0 bridgehead atoms. The number of hydroxylamine groups is 1. The summed E-state index contributed by atoms with van der Waals surface area (Å²) in [5.74, 6) is 4.23. The molecule has 3 aromatic carbocycles. The van der Waals surface area contributed by atoms with Gasteiger partial charge in [0, 0.05) is 6.54 Å². The summed E-state index contributed by atoms with van der Waals surface area (Å²) in [6, 6.07) is 24.6. The number of unbranched alkanes of at least 4 members (excludes halogenated alkanes) is 1. The first kappa shape index (κ1) is 29.4. The second kappa shape index (κ2) is 14.7. The third-order valence-corrected chi connectivity index (χ3v) is 8.27.